The van der Waals surface area contributed by atoms with Gasteiger partial charge < -0.3 is 10.2 Å². The third-order valence-electron chi connectivity index (χ3n) is 4.91. The molecule has 2 rings (SSSR count). The number of rotatable bonds is 6. The summed E-state index contributed by atoms with van der Waals surface area (Å²) in [6.07, 6.45) is 8.19. The van der Waals surface area contributed by atoms with Crippen LogP contribution in [0, 0.1) is 0 Å². The Morgan fingerprint density at radius 3 is 2.63 bits per heavy atom. The highest BCUT2D eigenvalue weighted by Crippen LogP contribution is 2.17. The van der Waals surface area contributed by atoms with Crippen molar-refractivity contribution in [3.05, 3.63) is 0 Å². The van der Waals surface area contributed by atoms with Crippen LogP contribution < -0.4 is 5.32 Å². The number of nitrogens with zero attached hydrogens (tertiary/aromatic N) is 2. The molecule has 1 N–H and O–H groups in total. The Balaban J connectivity index is 1.68. The molecule has 2 saturated heterocycles. The van der Waals surface area contributed by atoms with Gasteiger partial charge in [0.1, 0.15) is 0 Å². The van der Waals surface area contributed by atoms with Crippen LogP contribution in [0.15, 0.2) is 0 Å². The van der Waals surface area contributed by atoms with E-state index < -0.39 is 0 Å². The van der Waals surface area contributed by atoms with Crippen molar-refractivity contribution in [3.8, 4) is 0 Å². The van der Waals surface area contributed by atoms with E-state index in [9.17, 15) is 0 Å². The van der Waals surface area contributed by atoms with Crippen molar-refractivity contribution in [1.82, 2.24) is 15.1 Å². The zero-order valence-electron chi connectivity index (χ0n) is 13.0. The summed E-state index contributed by atoms with van der Waals surface area (Å²) in [7, 11) is 0. The molecule has 0 radical (unpaired) electrons. The van der Waals surface area contributed by atoms with E-state index in [0.717, 1.165) is 12.1 Å². The zero-order chi connectivity index (χ0) is 13.5. The number of likely N-dealkylation sites (tertiary alicyclic amines) is 2. The van der Waals surface area contributed by atoms with Gasteiger partial charge in [-0.15, -0.1) is 0 Å². The molecule has 2 aliphatic rings. The Bertz CT molecular complexity index is 244. The zero-order valence-corrected chi connectivity index (χ0v) is 13.0. The van der Waals surface area contributed by atoms with Gasteiger partial charge in [0.25, 0.3) is 0 Å². The van der Waals surface area contributed by atoms with Gasteiger partial charge in [0.05, 0.1) is 0 Å². The lowest BCUT2D eigenvalue weighted by Gasteiger charge is -2.26. The molecule has 0 aromatic carbocycles. The minimum atomic E-state index is 0.765. The summed E-state index contributed by atoms with van der Waals surface area (Å²) in [6, 6.07) is 1.57. The van der Waals surface area contributed by atoms with Crippen LogP contribution in [0.1, 0.15) is 52.4 Å². The van der Waals surface area contributed by atoms with Crippen molar-refractivity contribution >= 4 is 0 Å². The molecule has 0 aromatic rings. The highest BCUT2D eigenvalue weighted by Gasteiger charge is 2.24. The molecule has 2 atom stereocenters. The Labute approximate surface area is 119 Å². The van der Waals surface area contributed by atoms with E-state index in [1.807, 2.05) is 0 Å². The van der Waals surface area contributed by atoms with Gasteiger partial charge in [-0.05, 0) is 71.2 Å². The summed E-state index contributed by atoms with van der Waals surface area (Å²) < 4.78 is 0. The van der Waals surface area contributed by atoms with Crippen LogP contribution in [-0.4, -0.2) is 61.2 Å². The fourth-order valence-corrected chi connectivity index (χ4v) is 3.75. The second-order valence-corrected chi connectivity index (χ2v) is 6.30. The van der Waals surface area contributed by atoms with Crippen LogP contribution in [-0.2, 0) is 0 Å². The molecule has 2 aliphatic heterocycles. The average molecular weight is 267 g/mol. The maximum absolute atomic E-state index is 3.86. The van der Waals surface area contributed by atoms with Gasteiger partial charge in [0.15, 0.2) is 0 Å². The summed E-state index contributed by atoms with van der Waals surface area (Å²) in [4.78, 5) is 5.29. The van der Waals surface area contributed by atoms with Gasteiger partial charge in [-0.2, -0.15) is 0 Å². The highest BCUT2D eigenvalue weighted by molar-refractivity contribution is 4.83. The lowest BCUT2D eigenvalue weighted by atomic mass is 10.1. The largest absolute Gasteiger partial charge is 0.312 e. The molecule has 0 saturated carbocycles. The minimum Gasteiger partial charge on any atom is -0.312 e. The molecule has 3 heteroatoms. The fourth-order valence-electron chi connectivity index (χ4n) is 3.75. The maximum Gasteiger partial charge on any atom is 0.0221 e. The van der Waals surface area contributed by atoms with Crippen LogP contribution in [0.5, 0.6) is 0 Å². The quantitative estimate of drug-likeness (QED) is 0.797. The van der Waals surface area contributed by atoms with Gasteiger partial charge in [-0.3, -0.25) is 4.90 Å². The summed E-state index contributed by atoms with van der Waals surface area (Å²) in [5.41, 5.74) is 0. The number of nitrogens with one attached hydrogen (secondary N) is 1. The fraction of sp³-hybridized carbons (Fsp3) is 1.00. The van der Waals surface area contributed by atoms with E-state index in [4.69, 9.17) is 0 Å². The summed E-state index contributed by atoms with van der Waals surface area (Å²) >= 11 is 0. The van der Waals surface area contributed by atoms with Gasteiger partial charge in [-0.1, -0.05) is 13.8 Å². The standard InChI is InChI=1S/C16H33N3/c1-3-10-18-11-5-7-15(9-13-18)17-14-16-8-6-12-19(16)4-2/h15-17H,3-14H2,1-2H3. The van der Waals surface area contributed by atoms with Crippen molar-refractivity contribution < 1.29 is 0 Å². The van der Waals surface area contributed by atoms with Crippen molar-refractivity contribution in [2.24, 2.45) is 0 Å². The molecule has 0 spiro atoms. The van der Waals surface area contributed by atoms with Crippen LogP contribution in [0.3, 0.4) is 0 Å². The van der Waals surface area contributed by atoms with Gasteiger partial charge in [0.2, 0.25) is 0 Å². The molecule has 0 aromatic heterocycles. The molecule has 0 amide bonds. The molecular formula is C16H33N3. The number of hydrogen-bond donors (Lipinski definition) is 1. The first-order valence-corrected chi connectivity index (χ1v) is 8.53. The van der Waals surface area contributed by atoms with Crippen molar-refractivity contribution in [3.63, 3.8) is 0 Å². The molecule has 3 nitrogen and oxygen atoms in total. The maximum atomic E-state index is 3.86. The third kappa shape index (κ3) is 4.73. The SMILES string of the molecule is CCCN1CCCC(NCC2CCCN2CC)CC1. The molecule has 0 bridgehead atoms. The topological polar surface area (TPSA) is 18.5 Å². The molecule has 2 unspecified atom stereocenters. The average Bonchev–Trinajstić information content (AvgIpc) is 2.77. The summed E-state index contributed by atoms with van der Waals surface area (Å²) in [6.45, 7) is 12.3. The predicted molar refractivity (Wildman–Crippen MR) is 82.6 cm³/mol. The van der Waals surface area contributed by atoms with E-state index in [1.54, 1.807) is 0 Å². The lowest BCUT2D eigenvalue weighted by molar-refractivity contribution is 0.248. The first kappa shape index (κ1) is 15.3. The Morgan fingerprint density at radius 1 is 1.00 bits per heavy atom. The summed E-state index contributed by atoms with van der Waals surface area (Å²) in [5, 5.41) is 3.86. The van der Waals surface area contributed by atoms with Crippen LogP contribution in [0.4, 0.5) is 0 Å². The first-order chi connectivity index (χ1) is 9.33. The molecule has 2 fully saturated rings. The Morgan fingerprint density at radius 2 is 1.84 bits per heavy atom. The van der Waals surface area contributed by atoms with Gasteiger partial charge >= 0.3 is 0 Å². The van der Waals surface area contributed by atoms with Gasteiger partial charge in [-0.25, -0.2) is 0 Å². The van der Waals surface area contributed by atoms with E-state index in [2.05, 4.69) is 29.0 Å². The second-order valence-electron chi connectivity index (χ2n) is 6.30. The normalized spacial score (nSPS) is 30.6. The predicted octanol–water partition coefficient (Wildman–Crippen LogP) is 2.32. The van der Waals surface area contributed by atoms with E-state index in [-0.39, 0.29) is 0 Å². The second kappa shape index (κ2) is 8.23. The monoisotopic (exact) mass is 267 g/mol. The van der Waals surface area contributed by atoms with Crippen molar-refractivity contribution in [1.29, 1.82) is 0 Å². The molecular weight excluding hydrogens is 234 g/mol. The number of likely N-dealkylation sites (N-methyl/N-ethyl adjacent to an activating group) is 1. The van der Waals surface area contributed by atoms with Crippen molar-refractivity contribution in [2.75, 3.05) is 39.3 Å². The van der Waals surface area contributed by atoms with Crippen LogP contribution in [0.25, 0.3) is 0 Å². The van der Waals surface area contributed by atoms with Crippen molar-refractivity contribution in [2.45, 2.75) is 64.5 Å². The molecule has 0 aliphatic carbocycles. The number of hydrogen-bond acceptors (Lipinski definition) is 3. The Hall–Kier alpha value is -0.120. The highest BCUT2D eigenvalue weighted by atomic mass is 15.2. The van der Waals surface area contributed by atoms with Crippen LogP contribution >= 0.6 is 0 Å². The third-order valence-corrected chi connectivity index (χ3v) is 4.91. The molecule has 2 heterocycles. The van der Waals surface area contributed by atoms with E-state index in [1.165, 1.54) is 77.8 Å². The molecule has 19 heavy (non-hydrogen) atoms. The minimum absolute atomic E-state index is 0.765. The lowest BCUT2D eigenvalue weighted by Crippen LogP contribution is -2.42. The van der Waals surface area contributed by atoms with E-state index in [0.29, 0.717) is 0 Å². The van der Waals surface area contributed by atoms with Crippen LogP contribution in [0.2, 0.25) is 0 Å². The smallest absolute Gasteiger partial charge is 0.0221 e. The van der Waals surface area contributed by atoms with E-state index >= 15 is 0 Å². The Kier molecular flexibility index (Phi) is 6.62. The van der Waals surface area contributed by atoms with Gasteiger partial charge in [0, 0.05) is 18.6 Å². The first-order valence-electron chi connectivity index (χ1n) is 8.53. The molecule has 112 valence electrons. The summed E-state index contributed by atoms with van der Waals surface area (Å²) in [5.74, 6) is 0.